The van der Waals surface area contributed by atoms with Gasteiger partial charge in [0.25, 0.3) is 0 Å². The van der Waals surface area contributed by atoms with Gasteiger partial charge in [-0.1, -0.05) is 73.2 Å². The number of fused-ring (bicyclic) bond motifs is 1. The highest BCUT2D eigenvalue weighted by Gasteiger charge is 2.16. The number of para-hydroxylation sites is 1. The Morgan fingerprint density at radius 2 is 1.86 bits per heavy atom. The summed E-state index contributed by atoms with van der Waals surface area (Å²) in [6.07, 6.45) is 1.97. The van der Waals surface area contributed by atoms with E-state index in [0.29, 0.717) is 0 Å². The van der Waals surface area contributed by atoms with Crippen molar-refractivity contribution in [3.05, 3.63) is 60.2 Å². The molecule has 0 fully saturated rings. The number of nitrogens with one attached hydrogen (secondary N) is 1. The number of rotatable bonds is 5. The van der Waals surface area contributed by atoms with E-state index in [1.807, 2.05) is 59.3 Å². The second-order valence-electron chi connectivity index (χ2n) is 5.17. The molecule has 0 amide bonds. The summed E-state index contributed by atoms with van der Waals surface area (Å²) in [6.45, 7) is 2.15. The van der Waals surface area contributed by atoms with Crippen LogP contribution in [0.4, 0.5) is 0 Å². The van der Waals surface area contributed by atoms with Gasteiger partial charge in [0.2, 0.25) is 0 Å². The Labute approximate surface area is 135 Å². The van der Waals surface area contributed by atoms with E-state index < -0.39 is 0 Å². The second kappa shape index (κ2) is 6.66. The molecule has 1 heterocycles. The van der Waals surface area contributed by atoms with Gasteiger partial charge in [0.05, 0.1) is 5.52 Å². The Kier molecular flexibility index (Phi) is 4.44. The zero-order valence-corrected chi connectivity index (χ0v) is 13.3. The molecule has 0 aliphatic carbocycles. The fraction of sp³-hybridized carbons (Fsp3) is 0.235. The number of benzene rings is 2. The Bertz CT molecular complexity index is 766. The van der Waals surface area contributed by atoms with E-state index in [4.69, 9.17) is 12.2 Å². The first-order valence-corrected chi connectivity index (χ1v) is 7.86. The average Bonchev–Trinajstić information content (AvgIpc) is 2.99. The molecule has 1 atom stereocenters. The largest absolute Gasteiger partial charge is 0.354 e. The van der Waals surface area contributed by atoms with Crippen molar-refractivity contribution in [3.63, 3.8) is 0 Å². The third-order valence-corrected chi connectivity index (χ3v) is 3.92. The molecular formula is C17H18N4S. The van der Waals surface area contributed by atoms with Gasteiger partial charge in [-0.3, -0.25) is 0 Å². The van der Waals surface area contributed by atoms with E-state index in [0.717, 1.165) is 34.4 Å². The van der Waals surface area contributed by atoms with Gasteiger partial charge in [-0.25, -0.2) is 4.68 Å². The van der Waals surface area contributed by atoms with Crippen LogP contribution in [0.25, 0.3) is 11.0 Å². The summed E-state index contributed by atoms with van der Waals surface area (Å²) in [5.74, 6) is 0. The lowest BCUT2D eigenvalue weighted by atomic mass is 10.2. The molecule has 1 unspecified atom stereocenters. The molecule has 4 nitrogen and oxygen atoms in total. The van der Waals surface area contributed by atoms with Crippen LogP contribution in [-0.4, -0.2) is 20.0 Å². The number of thiocarbonyl (C=S) groups is 1. The van der Waals surface area contributed by atoms with Crippen molar-refractivity contribution in [3.8, 4) is 0 Å². The fourth-order valence-electron chi connectivity index (χ4n) is 2.47. The first-order valence-electron chi connectivity index (χ1n) is 7.45. The quantitative estimate of drug-likeness (QED) is 0.730. The van der Waals surface area contributed by atoms with Gasteiger partial charge in [0.15, 0.2) is 0 Å². The second-order valence-corrected chi connectivity index (χ2v) is 5.57. The summed E-state index contributed by atoms with van der Waals surface area (Å²) in [6, 6.07) is 18.0. The van der Waals surface area contributed by atoms with Crippen LogP contribution in [0.2, 0.25) is 0 Å². The Morgan fingerprint density at radius 3 is 2.64 bits per heavy atom. The molecule has 2 aromatic carbocycles. The lowest BCUT2D eigenvalue weighted by Gasteiger charge is -2.20. The molecule has 1 aromatic heterocycles. The topological polar surface area (TPSA) is 42.7 Å². The summed E-state index contributed by atoms with van der Waals surface area (Å²) in [7, 11) is 0. The zero-order valence-electron chi connectivity index (χ0n) is 12.4. The van der Waals surface area contributed by atoms with Crippen molar-refractivity contribution >= 4 is 28.2 Å². The van der Waals surface area contributed by atoms with Gasteiger partial charge < -0.3 is 5.32 Å². The van der Waals surface area contributed by atoms with Crippen molar-refractivity contribution in [2.75, 3.05) is 0 Å². The Morgan fingerprint density at radius 1 is 1.14 bits per heavy atom. The van der Waals surface area contributed by atoms with E-state index in [2.05, 4.69) is 22.6 Å². The van der Waals surface area contributed by atoms with Crippen LogP contribution >= 0.6 is 12.2 Å². The molecule has 3 rings (SSSR count). The number of hydrogen-bond acceptors (Lipinski definition) is 3. The lowest BCUT2D eigenvalue weighted by molar-refractivity contribution is 0.399. The van der Waals surface area contributed by atoms with Crippen molar-refractivity contribution in [1.82, 2.24) is 20.3 Å². The minimum Gasteiger partial charge on any atom is -0.354 e. The Hall–Kier alpha value is -2.27. The Balaban J connectivity index is 1.88. The predicted octanol–water partition coefficient (Wildman–Crippen LogP) is 3.70. The van der Waals surface area contributed by atoms with Crippen LogP contribution < -0.4 is 5.32 Å². The molecule has 0 radical (unpaired) electrons. The summed E-state index contributed by atoms with van der Waals surface area (Å²) < 4.78 is 1.92. The van der Waals surface area contributed by atoms with Crippen LogP contribution in [0, 0.1) is 0 Å². The van der Waals surface area contributed by atoms with Gasteiger partial charge in [0, 0.05) is 5.56 Å². The molecule has 0 spiro atoms. The molecular weight excluding hydrogens is 292 g/mol. The van der Waals surface area contributed by atoms with Crippen LogP contribution in [0.3, 0.4) is 0 Å². The van der Waals surface area contributed by atoms with Gasteiger partial charge in [-0.2, -0.15) is 0 Å². The van der Waals surface area contributed by atoms with Gasteiger partial charge in [-0.15, -0.1) is 5.10 Å². The highest BCUT2D eigenvalue weighted by atomic mass is 32.1. The monoisotopic (exact) mass is 310 g/mol. The highest BCUT2D eigenvalue weighted by Crippen LogP contribution is 2.18. The maximum Gasteiger partial charge on any atom is 0.123 e. The van der Waals surface area contributed by atoms with Gasteiger partial charge in [-0.05, 0) is 18.6 Å². The van der Waals surface area contributed by atoms with E-state index >= 15 is 0 Å². The molecule has 3 aromatic rings. The molecule has 0 saturated carbocycles. The van der Waals surface area contributed by atoms with E-state index in [1.165, 1.54) is 0 Å². The summed E-state index contributed by atoms with van der Waals surface area (Å²) >= 11 is 5.54. The van der Waals surface area contributed by atoms with E-state index in [9.17, 15) is 0 Å². The van der Waals surface area contributed by atoms with Crippen LogP contribution in [0.5, 0.6) is 0 Å². The molecule has 0 bridgehead atoms. The molecule has 5 heteroatoms. The predicted molar refractivity (Wildman–Crippen MR) is 92.8 cm³/mol. The van der Waals surface area contributed by atoms with Crippen molar-refractivity contribution in [1.29, 1.82) is 0 Å². The first kappa shape index (κ1) is 14.7. The number of aromatic nitrogens is 3. The molecule has 1 N–H and O–H groups in total. The first-order chi connectivity index (χ1) is 10.8. The highest BCUT2D eigenvalue weighted by molar-refractivity contribution is 7.80. The molecule has 22 heavy (non-hydrogen) atoms. The van der Waals surface area contributed by atoms with Crippen molar-refractivity contribution in [2.24, 2.45) is 0 Å². The van der Waals surface area contributed by atoms with Crippen molar-refractivity contribution < 1.29 is 0 Å². The van der Waals surface area contributed by atoms with E-state index in [-0.39, 0.29) is 6.17 Å². The number of hydrogen-bond donors (Lipinski definition) is 1. The third-order valence-electron chi connectivity index (χ3n) is 3.57. The van der Waals surface area contributed by atoms with E-state index in [1.54, 1.807) is 0 Å². The summed E-state index contributed by atoms with van der Waals surface area (Å²) in [5, 5.41) is 12.0. The lowest BCUT2D eigenvalue weighted by Crippen LogP contribution is -2.32. The molecule has 0 aliphatic heterocycles. The normalized spacial score (nSPS) is 12.2. The smallest absolute Gasteiger partial charge is 0.123 e. The van der Waals surface area contributed by atoms with Crippen LogP contribution in [0.15, 0.2) is 54.6 Å². The third kappa shape index (κ3) is 2.99. The summed E-state index contributed by atoms with van der Waals surface area (Å²) in [5.41, 5.74) is 2.93. The van der Waals surface area contributed by atoms with Crippen molar-refractivity contribution in [2.45, 2.75) is 25.9 Å². The maximum absolute atomic E-state index is 5.54. The molecule has 0 saturated heterocycles. The standard InChI is InChI=1S/C17H18N4S/c1-2-8-16(18-17(22)13-9-4-3-5-10-13)21-15-12-7-6-11-14(15)19-20-21/h3-7,9-12,16H,2,8H2,1H3,(H,18,22). The molecule has 112 valence electrons. The minimum absolute atomic E-state index is 0.00473. The summed E-state index contributed by atoms with van der Waals surface area (Å²) in [4.78, 5) is 0.735. The minimum atomic E-state index is 0.00473. The van der Waals surface area contributed by atoms with Gasteiger partial charge >= 0.3 is 0 Å². The fourth-order valence-corrected chi connectivity index (χ4v) is 2.74. The zero-order chi connectivity index (χ0) is 15.4. The average molecular weight is 310 g/mol. The van der Waals surface area contributed by atoms with Crippen LogP contribution in [0.1, 0.15) is 31.5 Å². The molecule has 0 aliphatic rings. The number of nitrogens with zero attached hydrogens (tertiary/aromatic N) is 3. The SMILES string of the molecule is CCCC(NC(=S)c1ccccc1)n1nnc2ccccc21. The van der Waals surface area contributed by atoms with Crippen LogP contribution in [-0.2, 0) is 0 Å². The maximum atomic E-state index is 5.54. The van der Waals surface area contributed by atoms with Gasteiger partial charge in [0.1, 0.15) is 16.7 Å².